The summed E-state index contributed by atoms with van der Waals surface area (Å²) >= 11 is 0. The van der Waals surface area contributed by atoms with E-state index < -0.39 is 0 Å². The molecule has 2 rings (SSSR count). The molecule has 0 radical (unpaired) electrons. The summed E-state index contributed by atoms with van der Waals surface area (Å²) in [5.41, 5.74) is 1.22. The highest BCUT2D eigenvalue weighted by atomic mass is 16.5. The molecule has 0 aliphatic carbocycles. The maximum absolute atomic E-state index is 12.4. The van der Waals surface area contributed by atoms with Gasteiger partial charge in [0.05, 0.1) is 13.2 Å². The molecule has 0 spiro atoms. The lowest BCUT2D eigenvalue weighted by Gasteiger charge is -2.11. The normalized spacial score (nSPS) is 10.6. The second-order valence-corrected chi connectivity index (χ2v) is 6.06. The molecule has 0 heterocycles. The standard InChI is InChI=1S/C20H25NO4/c1-15(2)14-25-18-8-4-6-16(12-18)20(22)21-17-7-5-9-19(13-17)24-11-10-23-3/h4-9,12-13,15H,10-11,14H2,1-3H3,(H,21,22). The van der Waals surface area contributed by atoms with Gasteiger partial charge in [-0.3, -0.25) is 4.79 Å². The van der Waals surface area contributed by atoms with Crippen LogP contribution >= 0.6 is 0 Å². The molecule has 2 aromatic rings. The predicted molar refractivity (Wildman–Crippen MR) is 98.5 cm³/mol. The zero-order valence-electron chi connectivity index (χ0n) is 15.0. The topological polar surface area (TPSA) is 56.8 Å². The summed E-state index contributed by atoms with van der Waals surface area (Å²) in [6, 6.07) is 14.4. The van der Waals surface area contributed by atoms with Gasteiger partial charge < -0.3 is 19.5 Å². The van der Waals surface area contributed by atoms with Gasteiger partial charge in [-0.15, -0.1) is 0 Å². The van der Waals surface area contributed by atoms with Crippen LogP contribution in [-0.4, -0.2) is 32.8 Å². The minimum Gasteiger partial charge on any atom is -0.493 e. The Morgan fingerprint density at radius 2 is 1.72 bits per heavy atom. The number of benzene rings is 2. The van der Waals surface area contributed by atoms with Gasteiger partial charge in [-0.25, -0.2) is 0 Å². The molecule has 5 heteroatoms. The molecule has 1 amide bonds. The van der Waals surface area contributed by atoms with Gasteiger partial charge in [0.2, 0.25) is 0 Å². The van der Waals surface area contributed by atoms with Gasteiger partial charge in [0.15, 0.2) is 0 Å². The molecule has 0 aliphatic heterocycles. The molecular weight excluding hydrogens is 318 g/mol. The Labute approximate surface area is 148 Å². The van der Waals surface area contributed by atoms with E-state index in [9.17, 15) is 4.79 Å². The monoisotopic (exact) mass is 343 g/mol. The van der Waals surface area contributed by atoms with Crippen molar-refractivity contribution in [2.75, 3.05) is 32.2 Å². The Balaban J connectivity index is 1.99. The first-order valence-corrected chi connectivity index (χ1v) is 8.34. The number of carbonyl (C=O) groups is 1. The highest BCUT2D eigenvalue weighted by molar-refractivity contribution is 6.04. The Hall–Kier alpha value is -2.53. The molecule has 0 saturated heterocycles. The van der Waals surface area contributed by atoms with E-state index in [1.165, 1.54) is 0 Å². The van der Waals surface area contributed by atoms with Crippen LogP contribution in [0, 0.1) is 5.92 Å². The van der Waals surface area contributed by atoms with Crippen LogP contribution < -0.4 is 14.8 Å². The maximum atomic E-state index is 12.4. The van der Waals surface area contributed by atoms with E-state index in [1.54, 1.807) is 25.3 Å². The molecule has 2 aromatic carbocycles. The largest absolute Gasteiger partial charge is 0.493 e. The highest BCUT2D eigenvalue weighted by Crippen LogP contribution is 2.19. The molecular formula is C20H25NO4. The SMILES string of the molecule is COCCOc1cccc(NC(=O)c2cccc(OCC(C)C)c2)c1. The molecule has 0 aliphatic rings. The van der Waals surface area contributed by atoms with E-state index in [0.29, 0.717) is 48.5 Å². The number of hydrogen-bond donors (Lipinski definition) is 1. The summed E-state index contributed by atoms with van der Waals surface area (Å²) in [4.78, 5) is 12.4. The van der Waals surface area contributed by atoms with Crippen molar-refractivity contribution < 1.29 is 19.0 Å². The summed E-state index contributed by atoms with van der Waals surface area (Å²) < 4.78 is 16.2. The van der Waals surface area contributed by atoms with E-state index in [0.717, 1.165) is 0 Å². The van der Waals surface area contributed by atoms with Crippen LogP contribution in [0.5, 0.6) is 11.5 Å². The van der Waals surface area contributed by atoms with E-state index in [2.05, 4.69) is 19.2 Å². The molecule has 5 nitrogen and oxygen atoms in total. The lowest BCUT2D eigenvalue weighted by Crippen LogP contribution is -2.12. The molecule has 0 bridgehead atoms. The Morgan fingerprint density at radius 3 is 2.44 bits per heavy atom. The van der Waals surface area contributed by atoms with Gasteiger partial charge in [-0.2, -0.15) is 0 Å². The fraction of sp³-hybridized carbons (Fsp3) is 0.350. The second kappa shape index (κ2) is 9.69. The van der Waals surface area contributed by atoms with Crippen molar-refractivity contribution in [2.24, 2.45) is 5.92 Å². The van der Waals surface area contributed by atoms with Crippen LogP contribution in [0.1, 0.15) is 24.2 Å². The lowest BCUT2D eigenvalue weighted by molar-refractivity contribution is 0.102. The Morgan fingerprint density at radius 1 is 1.00 bits per heavy atom. The zero-order chi connectivity index (χ0) is 18.1. The number of rotatable bonds is 9. The summed E-state index contributed by atoms with van der Waals surface area (Å²) in [6.45, 7) is 5.76. The van der Waals surface area contributed by atoms with E-state index in [1.807, 2.05) is 30.3 Å². The van der Waals surface area contributed by atoms with Crippen molar-refractivity contribution in [1.29, 1.82) is 0 Å². The van der Waals surface area contributed by atoms with Gasteiger partial charge in [0, 0.05) is 24.4 Å². The van der Waals surface area contributed by atoms with Gasteiger partial charge in [0.1, 0.15) is 18.1 Å². The molecule has 0 atom stereocenters. The molecule has 134 valence electrons. The van der Waals surface area contributed by atoms with Gasteiger partial charge in [0.25, 0.3) is 5.91 Å². The molecule has 25 heavy (non-hydrogen) atoms. The fourth-order valence-corrected chi connectivity index (χ4v) is 2.10. The maximum Gasteiger partial charge on any atom is 0.255 e. The Bertz CT molecular complexity index is 685. The summed E-state index contributed by atoms with van der Waals surface area (Å²) in [5.74, 6) is 1.62. The predicted octanol–water partition coefficient (Wildman–Crippen LogP) is 4.00. The van der Waals surface area contributed by atoms with Crippen molar-refractivity contribution in [3.05, 3.63) is 54.1 Å². The van der Waals surface area contributed by atoms with Gasteiger partial charge >= 0.3 is 0 Å². The molecule has 0 unspecified atom stereocenters. The highest BCUT2D eigenvalue weighted by Gasteiger charge is 2.08. The summed E-state index contributed by atoms with van der Waals surface area (Å²) in [5, 5.41) is 2.88. The van der Waals surface area contributed by atoms with Crippen molar-refractivity contribution in [3.63, 3.8) is 0 Å². The zero-order valence-corrected chi connectivity index (χ0v) is 15.0. The first-order valence-electron chi connectivity index (χ1n) is 8.34. The van der Waals surface area contributed by atoms with Crippen LogP contribution in [0.3, 0.4) is 0 Å². The first-order chi connectivity index (χ1) is 12.1. The molecule has 0 fully saturated rings. The van der Waals surface area contributed by atoms with Crippen LogP contribution in [-0.2, 0) is 4.74 Å². The molecule has 0 saturated carbocycles. The van der Waals surface area contributed by atoms with E-state index in [4.69, 9.17) is 14.2 Å². The third-order valence-electron chi connectivity index (χ3n) is 3.33. The van der Waals surface area contributed by atoms with Gasteiger partial charge in [-0.05, 0) is 36.2 Å². The summed E-state index contributed by atoms with van der Waals surface area (Å²) in [6.07, 6.45) is 0. The first kappa shape index (κ1) is 18.8. The number of carbonyl (C=O) groups excluding carboxylic acids is 1. The van der Waals surface area contributed by atoms with Crippen molar-refractivity contribution in [2.45, 2.75) is 13.8 Å². The number of hydrogen-bond acceptors (Lipinski definition) is 4. The average molecular weight is 343 g/mol. The lowest BCUT2D eigenvalue weighted by atomic mass is 10.2. The molecule has 1 N–H and O–H groups in total. The van der Waals surface area contributed by atoms with Crippen LogP contribution in [0.15, 0.2) is 48.5 Å². The van der Waals surface area contributed by atoms with Crippen molar-refractivity contribution in [3.8, 4) is 11.5 Å². The average Bonchev–Trinajstić information content (AvgIpc) is 2.61. The summed E-state index contributed by atoms with van der Waals surface area (Å²) in [7, 11) is 1.62. The second-order valence-electron chi connectivity index (χ2n) is 6.06. The van der Waals surface area contributed by atoms with Crippen LogP contribution in [0.4, 0.5) is 5.69 Å². The van der Waals surface area contributed by atoms with Crippen LogP contribution in [0.2, 0.25) is 0 Å². The van der Waals surface area contributed by atoms with Crippen molar-refractivity contribution >= 4 is 11.6 Å². The quantitative estimate of drug-likeness (QED) is 0.699. The number of methoxy groups -OCH3 is 1. The number of ether oxygens (including phenoxy) is 3. The number of nitrogens with one attached hydrogen (secondary N) is 1. The smallest absolute Gasteiger partial charge is 0.255 e. The minimum atomic E-state index is -0.191. The molecule has 0 aromatic heterocycles. The van der Waals surface area contributed by atoms with Crippen LogP contribution in [0.25, 0.3) is 0 Å². The Kier molecular flexibility index (Phi) is 7.29. The number of amides is 1. The minimum absolute atomic E-state index is 0.191. The van der Waals surface area contributed by atoms with Gasteiger partial charge in [-0.1, -0.05) is 26.0 Å². The number of anilines is 1. The van der Waals surface area contributed by atoms with E-state index in [-0.39, 0.29) is 5.91 Å². The van der Waals surface area contributed by atoms with E-state index >= 15 is 0 Å². The third-order valence-corrected chi connectivity index (χ3v) is 3.33. The third kappa shape index (κ3) is 6.47. The van der Waals surface area contributed by atoms with Crippen molar-refractivity contribution in [1.82, 2.24) is 0 Å². The fourth-order valence-electron chi connectivity index (χ4n) is 2.10.